The average molecular weight is 245 g/mol. The van der Waals surface area contributed by atoms with Crippen LogP contribution in [0.5, 0.6) is 0 Å². The molecule has 5 heteroatoms. The van der Waals surface area contributed by atoms with Crippen molar-refractivity contribution in [2.75, 3.05) is 0 Å². The number of hydrogen-bond acceptors (Lipinski definition) is 4. The number of nitriles is 1. The highest BCUT2D eigenvalue weighted by molar-refractivity contribution is 7.80. The number of amides is 1. The van der Waals surface area contributed by atoms with Crippen molar-refractivity contribution in [2.24, 2.45) is 5.92 Å². The molecule has 0 radical (unpaired) electrons. The molecule has 1 aromatic carbocycles. The second-order valence-electron chi connectivity index (χ2n) is 3.43. The molecule has 0 bridgehead atoms. The van der Waals surface area contributed by atoms with E-state index in [2.05, 4.69) is 5.32 Å². The van der Waals surface area contributed by atoms with Gasteiger partial charge >= 0.3 is 0 Å². The Bertz CT molecular complexity index is 490. The Morgan fingerprint density at radius 2 is 2.06 bits per heavy atom. The summed E-state index contributed by atoms with van der Waals surface area (Å²) in [6, 6.07) is 10.5. The van der Waals surface area contributed by atoms with Crippen LogP contribution in [-0.2, 0) is 0 Å². The van der Waals surface area contributed by atoms with Gasteiger partial charge in [0.1, 0.15) is 10.9 Å². The van der Waals surface area contributed by atoms with Gasteiger partial charge < -0.3 is 10.7 Å². The van der Waals surface area contributed by atoms with Gasteiger partial charge in [0.05, 0.1) is 6.07 Å². The fourth-order valence-electron chi connectivity index (χ4n) is 1.20. The molecule has 0 heterocycles. The van der Waals surface area contributed by atoms with Crippen LogP contribution in [0, 0.1) is 22.7 Å². The van der Waals surface area contributed by atoms with E-state index in [0.717, 1.165) is 0 Å². The molecule has 86 valence electrons. The van der Waals surface area contributed by atoms with E-state index in [9.17, 15) is 4.79 Å². The van der Waals surface area contributed by atoms with Crippen LogP contribution in [0.1, 0.15) is 17.3 Å². The standard InChI is InChI=1S/C12H11N3OS/c1-8(14)10(7-13)12(17)15-11(16)9-5-3-2-4-6-9/h2-6,10,14H,1H3,(H,15,16,17). The number of carbonyl (C=O) groups is 1. The van der Waals surface area contributed by atoms with Crippen LogP contribution in [0.3, 0.4) is 0 Å². The Balaban J connectivity index is 2.74. The Hall–Kier alpha value is -2.06. The van der Waals surface area contributed by atoms with Gasteiger partial charge in [-0.1, -0.05) is 30.4 Å². The van der Waals surface area contributed by atoms with Crippen molar-refractivity contribution in [1.82, 2.24) is 5.32 Å². The molecular formula is C12H11N3OS. The molecule has 1 atom stereocenters. The lowest BCUT2D eigenvalue weighted by Crippen LogP contribution is -2.36. The van der Waals surface area contributed by atoms with Gasteiger partial charge in [-0.15, -0.1) is 0 Å². The number of thiocarbonyl (C=S) groups is 1. The van der Waals surface area contributed by atoms with E-state index in [4.69, 9.17) is 22.9 Å². The monoisotopic (exact) mass is 245 g/mol. The highest BCUT2D eigenvalue weighted by atomic mass is 32.1. The number of hydrogen-bond donors (Lipinski definition) is 2. The Morgan fingerprint density at radius 1 is 1.47 bits per heavy atom. The maximum Gasteiger partial charge on any atom is 0.256 e. The van der Waals surface area contributed by atoms with E-state index < -0.39 is 5.92 Å². The van der Waals surface area contributed by atoms with Gasteiger partial charge in [0.25, 0.3) is 5.91 Å². The minimum atomic E-state index is -0.849. The van der Waals surface area contributed by atoms with Gasteiger partial charge in [-0.25, -0.2) is 0 Å². The van der Waals surface area contributed by atoms with Crippen LogP contribution in [0.4, 0.5) is 0 Å². The molecule has 1 amide bonds. The summed E-state index contributed by atoms with van der Waals surface area (Å²) in [5.74, 6) is -1.21. The normalized spacial score (nSPS) is 11.1. The molecule has 4 nitrogen and oxygen atoms in total. The molecule has 2 N–H and O–H groups in total. The predicted molar refractivity (Wildman–Crippen MR) is 69.0 cm³/mol. The summed E-state index contributed by atoms with van der Waals surface area (Å²) in [4.78, 5) is 11.8. The van der Waals surface area contributed by atoms with E-state index in [0.29, 0.717) is 5.56 Å². The number of rotatable bonds is 3. The zero-order valence-corrected chi connectivity index (χ0v) is 10.0. The second-order valence-corrected chi connectivity index (χ2v) is 3.87. The van der Waals surface area contributed by atoms with Gasteiger partial charge in [-0.2, -0.15) is 5.26 Å². The molecule has 1 unspecified atom stereocenters. The first-order valence-electron chi connectivity index (χ1n) is 4.91. The van der Waals surface area contributed by atoms with Crippen molar-refractivity contribution in [2.45, 2.75) is 6.92 Å². The molecule has 0 aliphatic carbocycles. The Kier molecular flexibility index (Phi) is 4.49. The quantitative estimate of drug-likeness (QED) is 0.631. The van der Waals surface area contributed by atoms with Crippen molar-refractivity contribution >= 4 is 28.8 Å². The first-order chi connectivity index (χ1) is 8.06. The summed E-state index contributed by atoms with van der Waals surface area (Å²) in [5.41, 5.74) is 0.583. The van der Waals surface area contributed by atoms with Crippen LogP contribution in [0.25, 0.3) is 0 Å². The molecular weight excluding hydrogens is 234 g/mol. The molecule has 0 spiro atoms. The SMILES string of the molecule is CC(=N)C(C#N)C(=S)NC(=O)c1ccccc1. The molecule has 1 rings (SSSR count). The Morgan fingerprint density at radius 3 is 2.53 bits per heavy atom. The topological polar surface area (TPSA) is 76.7 Å². The molecule has 0 saturated heterocycles. The maximum absolute atomic E-state index is 11.7. The third kappa shape index (κ3) is 3.47. The highest BCUT2D eigenvalue weighted by Crippen LogP contribution is 2.02. The minimum absolute atomic E-state index is 0.0638. The van der Waals surface area contributed by atoms with Crippen LogP contribution < -0.4 is 5.32 Å². The third-order valence-electron chi connectivity index (χ3n) is 2.10. The predicted octanol–water partition coefficient (Wildman–Crippen LogP) is 1.92. The van der Waals surface area contributed by atoms with Gasteiger partial charge in [-0.3, -0.25) is 4.79 Å². The number of carbonyl (C=O) groups excluding carboxylic acids is 1. The molecule has 0 aliphatic rings. The summed E-state index contributed by atoms with van der Waals surface area (Å²) < 4.78 is 0. The second kappa shape index (κ2) is 5.87. The lowest BCUT2D eigenvalue weighted by Gasteiger charge is -2.10. The molecule has 0 fully saturated rings. The summed E-state index contributed by atoms with van der Waals surface area (Å²) in [5, 5.41) is 18.6. The fraction of sp³-hybridized carbons (Fsp3) is 0.167. The van der Waals surface area contributed by atoms with E-state index >= 15 is 0 Å². The van der Waals surface area contributed by atoms with Crippen LogP contribution in [-0.4, -0.2) is 16.6 Å². The number of nitrogens with zero attached hydrogens (tertiary/aromatic N) is 1. The lowest BCUT2D eigenvalue weighted by molar-refractivity contribution is 0.0977. The maximum atomic E-state index is 11.7. The molecule has 1 aromatic rings. The molecule has 0 aliphatic heterocycles. The smallest absolute Gasteiger partial charge is 0.256 e. The first kappa shape index (κ1) is 13.0. The van der Waals surface area contributed by atoms with Crippen molar-refractivity contribution < 1.29 is 4.79 Å². The van der Waals surface area contributed by atoms with E-state index in [-0.39, 0.29) is 16.6 Å². The van der Waals surface area contributed by atoms with Gasteiger partial charge in [0.15, 0.2) is 0 Å². The van der Waals surface area contributed by atoms with Gasteiger partial charge in [-0.05, 0) is 19.1 Å². The Labute approximate surface area is 105 Å². The van der Waals surface area contributed by atoms with Crippen LogP contribution in [0.2, 0.25) is 0 Å². The van der Waals surface area contributed by atoms with E-state index in [1.807, 2.05) is 6.07 Å². The van der Waals surface area contributed by atoms with Crippen molar-refractivity contribution in [3.05, 3.63) is 35.9 Å². The van der Waals surface area contributed by atoms with E-state index in [1.165, 1.54) is 6.92 Å². The summed E-state index contributed by atoms with van der Waals surface area (Å²) in [7, 11) is 0. The molecule has 0 saturated carbocycles. The van der Waals surface area contributed by atoms with Crippen LogP contribution >= 0.6 is 12.2 Å². The largest absolute Gasteiger partial charge is 0.315 e. The van der Waals surface area contributed by atoms with E-state index in [1.54, 1.807) is 30.3 Å². The van der Waals surface area contributed by atoms with Crippen molar-refractivity contribution in [3.63, 3.8) is 0 Å². The zero-order chi connectivity index (χ0) is 12.8. The van der Waals surface area contributed by atoms with Crippen molar-refractivity contribution in [1.29, 1.82) is 10.7 Å². The number of benzene rings is 1. The summed E-state index contributed by atoms with van der Waals surface area (Å²) in [6.07, 6.45) is 0. The zero-order valence-electron chi connectivity index (χ0n) is 9.23. The number of nitrogens with one attached hydrogen (secondary N) is 2. The molecule has 17 heavy (non-hydrogen) atoms. The van der Waals surface area contributed by atoms with Gasteiger partial charge in [0, 0.05) is 11.3 Å². The lowest BCUT2D eigenvalue weighted by atomic mass is 10.1. The first-order valence-corrected chi connectivity index (χ1v) is 5.32. The van der Waals surface area contributed by atoms with Crippen LogP contribution in [0.15, 0.2) is 30.3 Å². The van der Waals surface area contributed by atoms with Gasteiger partial charge in [0.2, 0.25) is 0 Å². The minimum Gasteiger partial charge on any atom is -0.315 e. The summed E-state index contributed by atoms with van der Waals surface area (Å²) in [6.45, 7) is 1.48. The fourth-order valence-corrected chi connectivity index (χ4v) is 1.52. The van der Waals surface area contributed by atoms with Crippen molar-refractivity contribution in [3.8, 4) is 6.07 Å². The average Bonchev–Trinajstić information content (AvgIpc) is 2.30. The summed E-state index contributed by atoms with van der Waals surface area (Å²) >= 11 is 4.93. The highest BCUT2D eigenvalue weighted by Gasteiger charge is 2.18. The third-order valence-corrected chi connectivity index (χ3v) is 2.43. The molecule has 0 aromatic heterocycles.